The molecule has 3 aromatic rings. The highest BCUT2D eigenvalue weighted by atomic mass is 35.5. The van der Waals surface area contributed by atoms with Gasteiger partial charge in [0, 0.05) is 0 Å². The summed E-state index contributed by atoms with van der Waals surface area (Å²) in [5.74, 6) is -1.50. The van der Waals surface area contributed by atoms with E-state index in [-0.39, 0.29) is 16.4 Å². The second-order valence-electron chi connectivity index (χ2n) is 4.86. The number of rotatable bonds is 2. The molecule has 0 spiro atoms. The van der Waals surface area contributed by atoms with Crippen molar-refractivity contribution >= 4 is 28.6 Å². The Morgan fingerprint density at radius 3 is 2.45 bits per heavy atom. The van der Waals surface area contributed by atoms with Gasteiger partial charge in [-0.05, 0) is 38.1 Å². The highest BCUT2D eigenvalue weighted by Crippen LogP contribution is 2.30. The third kappa shape index (κ3) is 2.12. The van der Waals surface area contributed by atoms with Crippen LogP contribution < -0.4 is 0 Å². The maximum absolute atomic E-state index is 13.1. The monoisotopic (exact) mass is 319 g/mol. The van der Waals surface area contributed by atoms with Crippen molar-refractivity contribution in [1.82, 2.24) is 14.8 Å². The van der Waals surface area contributed by atoms with Gasteiger partial charge in [-0.2, -0.15) is 5.10 Å². The highest BCUT2D eigenvalue weighted by molar-refractivity contribution is 6.35. The molecule has 3 rings (SSSR count). The van der Waals surface area contributed by atoms with Gasteiger partial charge in [0.15, 0.2) is 5.65 Å². The second-order valence-corrected chi connectivity index (χ2v) is 5.24. The van der Waals surface area contributed by atoms with E-state index in [1.807, 2.05) is 0 Å². The van der Waals surface area contributed by atoms with E-state index in [1.54, 1.807) is 26.0 Å². The number of fused-ring (bicyclic) bond motifs is 1. The van der Waals surface area contributed by atoms with Gasteiger partial charge in [0.25, 0.3) is 0 Å². The lowest BCUT2D eigenvalue weighted by atomic mass is 10.1. The molecule has 0 aliphatic heterocycles. The predicted octanol–water partition coefficient (Wildman–Crippen LogP) is 3.53. The van der Waals surface area contributed by atoms with Gasteiger partial charge in [0.1, 0.15) is 5.82 Å². The van der Waals surface area contributed by atoms with Crippen LogP contribution in [0.15, 0.2) is 24.3 Å². The molecule has 1 N–H and O–H groups in total. The average molecular weight is 320 g/mol. The first-order chi connectivity index (χ1) is 10.4. The van der Waals surface area contributed by atoms with E-state index >= 15 is 0 Å². The van der Waals surface area contributed by atoms with Crippen LogP contribution in [0, 0.1) is 19.7 Å². The number of carboxylic acids is 1. The number of pyridine rings is 1. The first kappa shape index (κ1) is 14.5. The molecule has 7 heteroatoms. The molecule has 2 aromatic heterocycles. The van der Waals surface area contributed by atoms with Crippen LogP contribution in [-0.4, -0.2) is 25.8 Å². The van der Waals surface area contributed by atoms with E-state index in [1.165, 1.54) is 16.8 Å². The summed E-state index contributed by atoms with van der Waals surface area (Å²) in [7, 11) is 0. The van der Waals surface area contributed by atoms with Gasteiger partial charge in [-0.25, -0.2) is 18.9 Å². The number of carboxylic acid groups (broad SMARTS) is 1. The number of aromatic nitrogens is 3. The second kappa shape index (κ2) is 5.06. The minimum absolute atomic E-state index is 0.0185. The Balaban J connectivity index is 2.40. The lowest BCUT2D eigenvalue weighted by Gasteiger charge is -2.07. The van der Waals surface area contributed by atoms with E-state index in [4.69, 9.17) is 11.6 Å². The molecule has 22 heavy (non-hydrogen) atoms. The van der Waals surface area contributed by atoms with Crippen molar-refractivity contribution in [2.24, 2.45) is 0 Å². The van der Waals surface area contributed by atoms with Crippen LogP contribution in [0.5, 0.6) is 0 Å². The minimum Gasteiger partial charge on any atom is -0.478 e. The molecule has 0 amide bonds. The SMILES string of the molecule is Cc1nc2c(c(C)nn2-c2ccc(F)cc2)c(C(=O)O)c1Cl. The minimum atomic E-state index is -1.14. The zero-order valence-corrected chi connectivity index (χ0v) is 12.5. The van der Waals surface area contributed by atoms with Crippen LogP contribution in [0.1, 0.15) is 21.7 Å². The molecule has 1 aromatic carbocycles. The van der Waals surface area contributed by atoms with E-state index in [0.717, 1.165) is 0 Å². The fourth-order valence-electron chi connectivity index (χ4n) is 2.37. The van der Waals surface area contributed by atoms with Crippen LogP contribution in [0.25, 0.3) is 16.7 Å². The van der Waals surface area contributed by atoms with Crippen molar-refractivity contribution in [3.8, 4) is 5.69 Å². The van der Waals surface area contributed by atoms with Crippen LogP contribution in [-0.2, 0) is 0 Å². The zero-order valence-electron chi connectivity index (χ0n) is 11.8. The van der Waals surface area contributed by atoms with E-state index in [9.17, 15) is 14.3 Å². The number of nitrogens with zero attached hydrogens (tertiary/aromatic N) is 3. The maximum atomic E-state index is 13.1. The third-order valence-corrected chi connectivity index (χ3v) is 3.84. The molecule has 0 saturated carbocycles. The molecule has 0 bridgehead atoms. The maximum Gasteiger partial charge on any atom is 0.338 e. The molecule has 0 aliphatic carbocycles. The summed E-state index contributed by atoms with van der Waals surface area (Å²) in [5.41, 5.74) is 1.84. The van der Waals surface area contributed by atoms with E-state index in [2.05, 4.69) is 10.1 Å². The summed E-state index contributed by atoms with van der Waals surface area (Å²) in [4.78, 5) is 15.9. The van der Waals surface area contributed by atoms with Gasteiger partial charge >= 0.3 is 5.97 Å². The molecule has 5 nitrogen and oxygen atoms in total. The van der Waals surface area contributed by atoms with Crippen LogP contribution in [0.4, 0.5) is 4.39 Å². The molecule has 112 valence electrons. The van der Waals surface area contributed by atoms with Gasteiger partial charge in [0.05, 0.1) is 33.0 Å². The molecule has 0 unspecified atom stereocenters. The van der Waals surface area contributed by atoms with Crippen molar-refractivity contribution in [3.63, 3.8) is 0 Å². The smallest absolute Gasteiger partial charge is 0.338 e. The van der Waals surface area contributed by atoms with Gasteiger partial charge in [-0.3, -0.25) is 0 Å². The van der Waals surface area contributed by atoms with Gasteiger partial charge < -0.3 is 5.11 Å². The number of halogens is 2. The Bertz CT molecular complexity index is 904. The average Bonchev–Trinajstić information content (AvgIpc) is 2.77. The Morgan fingerprint density at radius 1 is 1.23 bits per heavy atom. The standard InChI is InChI=1S/C15H11ClFN3O2/c1-7-11-12(15(21)22)13(16)8(2)18-14(11)20(19-7)10-5-3-9(17)4-6-10/h3-6H,1-2H3,(H,21,22). The van der Waals surface area contributed by atoms with Crippen molar-refractivity contribution in [2.45, 2.75) is 13.8 Å². The summed E-state index contributed by atoms with van der Waals surface area (Å²) >= 11 is 6.09. The van der Waals surface area contributed by atoms with Crippen LogP contribution in [0.2, 0.25) is 5.02 Å². The number of hydrogen-bond acceptors (Lipinski definition) is 3. The van der Waals surface area contributed by atoms with E-state index in [0.29, 0.717) is 28.1 Å². The lowest BCUT2D eigenvalue weighted by molar-refractivity contribution is 0.0699. The molecule has 2 heterocycles. The third-order valence-electron chi connectivity index (χ3n) is 3.38. The van der Waals surface area contributed by atoms with Gasteiger partial charge in [-0.1, -0.05) is 11.6 Å². The first-order valence-electron chi connectivity index (χ1n) is 6.45. The molecule has 0 saturated heterocycles. The van der Waals surface area contributed by atoms with Crippen molar-refractivity contribution < 1.29 is 14.3 Å². The molecule has 0 atom stereocenters. The van der Waals surface area contributed by atoms with E-state index < -0.39 is 5.97 Å². The molecule has 0 aliphatic rings. The Morgan fingerprint density at radius 2 is 1.86 bits per heavy atom. The quantitative estimate of drug-likeness (QED) is 0.784. The zero-order chi connectivity index (χ0) is 16.0. The number of benzene rings is 1. The predicted molar refractivity (Wildman–Crippen MR) is 80.3 cm³/mol. The number of aromatic carboxylic acids is 1. The molecule has 0 fully saturated rings. The topological polar surface area (TPSA) is 68.0 Å². The van der Waals surface area contributed by atoms with Crippen LogP contribution >= 0.6 is 11.6 Å². The van der Waals surface area contributed by atoms with Crippen molar-refractivity contribution in [1.29, 1.82) is 0 Å². The molecule has 0 radical (unpaired) electrons. The summed E-state index contributed by atoms with van der Waals surface area (Å²) < 4.78 is 14.6. The number of hydrogen-bond donors (Lipinski definition) is 1. The Labute approximate surface area is 130 Å². The highest BCUT2D eigenvalue weighted by Gasteiger charge is 2.23. The van der Waals surface area contributed by atoms with Gasteiger partial charge in [0.2, 0.25) is 0 Å². The number of aryl methyl sites for hydroxylation is 2. The van der Waals surface area contributed by atoms with Crippen LogP contribution in [0.3, 0.4) is 0 Å². The van der Waals surface area contributed by atoms with Crippen molar-refractivity contribution in [3.05, 3.63) is 52.1 Å². The van der Waals surface area contributed by atoms with Crippen molar-refractivity contribution in [2.75, 3.05) is 0 Å². The summed E-state index contributed by atoms with van der Waals surface area (Å²) in [5, 5.41) is 14.2. The Hall–Kier alpha value is -2.47. The fourth-order valence-corrected chi connectivity index (χ4v) is 2.59. The normalized spacial score (nSPS) is 11.1. The largest absolute Gasteiger partial charge is 0.478 e. The molecular formula is C15H11ClFN3O2. The number of carbonyl (C=O) groups is 1. The molecular weight excluding hydrogens is 309 g/mol. The lowest BCUT2D eigenvalue weighted by Crippen LogP contribution is -2.04. The Kier molecular flexibility index (Phi) is 3.33. The summed E-state index contributed by atoms with van der Waals surface area (Å²) in [6.07, 6.45) is 0. The summed E-state index contributed by atoms with van der Waals surface area (Å²) in [6.45, 7) is 3.31. The fraction of sp³-hybridized carbons (Fsp3) is 0.133. The van der Waals surface area contributed by atoms with Gasteiger partial charge in [-0.15, -0.1) is 0 Å². The summed E-state index contributed by atoms with van der Waals surface area (Å²) in [6, 6.07) is 5.71. The first-order valence-corrected chi connectivity index (χ1v) is 6.82.